The van der Waals surface area contributed by atoms with Crippen LogP contribution in [0.3, 0.4) is 0 Å². The second-order valence-electron chi connectivity index (χ2n) is 20.2. The second kappa shape index (κ2) is 60.9. The molecule has 0 aliphatic heterocycles. The van der Waals surface area contributed by atoms with Gasteiger partial charge in [-0.15, -0.1) is 0 Å². The third kappa shape index (κ3) is 59.1. The summed E-state index contributed by atoms with van der Waals surface area (Å²) in [7, 11) is 0. The van der Waals surface area contributed by atoms with Gasteiger partial charge in [0.1, 0.15) is 13.2 Å². The summed E-state index contributed by atoms with van der Waals surface area (Å²) in [5.41, 5.74) is 0. The number of hydrogen-bond acceptors (Lipinski definition) is 6. The summed E-state index contributed by atoms with van der Waals surface area (Å²) in [6.07, 6.45) is 81.2. The largest absolute Gasteiger partial charge is 0.462 e. The van der Waals surface area contributed by atoms with Gasteiger partial charge in [-0.1, -0.05) is 253 Å². The molecule has 0 heterocycles. The molecule has 0 aliphatic carbocycles. The van der Waals surface area contributed by atoms with E-state index in [9.17, 15) is 14.4 Å². The monoisotopic (exact) mass is 1010 g/mol. The number of unbranched alkanes of at least 4 members (excludes halogenated alkanes) is 28. The Hall–Kier alpha value is -3.67. The van der Waals surface area contributed by atoms with Crippen LogP contribution in [-0.4, -0.2) is 37.2 Å². The minimum absolute atomic E-state index is 0.106. The first kappa shape index (κ1) is 69.3. The Kier molecular flexibility index (Phi) is 57.8. The van der Waals surface area contributed by atoms with Gasteiger partial charge in [0, 0.05) is 19.3 Å². The van der Waals surface area contributed by atoms with Gasteiger partial charge in [-0.25, -0.2) is 0 Å². The zero-order chi connectivity index (χ0) is 52.9. The van der Waals surface area contributed by atoms with Crippen LogP contribution >= 0.6 is 0 Å². The number of carbonyl (C=O) groups is 3. The smallest absolute Gasteiger partial charge is 0.306 e. The standard InChI is InChI=1S/C67H114O6/c1-4-7-10-13-16-19-22-25-28-31-32-33-34-37-40-43-46-49-52-55-58-61-67(70)73-64(62-71-65(68)59-56-53-50-47-44-41-38-35-29-26-23-20-17-14-11-8-5-2)63-72-66(69)60-57-54-51-48-45-42-39-36-30-27-24-21-18-15-12-9-6-3/h8,11,17,20,25-30,38-39,41-42,48,51,64H,4-7,9-10,12-16,18-19,21-24,31-37,40,43-47,49-50,52-63H2,1-3H3/b11-8-,20-17-,28-25-,29-26-,30-27-,41-38-,42-39-,51-48-/t64-/m1/s1. The van der Waals surface area contributed by atoms with Crippen LogP contribution in [0.2, 0.25) is 0 Å². The molecule has 0 rings (SSSR count). The van der Waals surface area contributed by atoms with E-state index >= 15 is 0 Å². The second-order valence-corrected chi connectivity index (χ2v) is 20.2. The summed E-state index contributed by atoms with van der Waals surface area (Å²) in [5, 5.41) is 0. The van der Waals surface area contributed by atoms with Gasteiger partial charge >= 0.3 is 17.9 Å². The molecule has 0 radical (unpaired) electrons. The van der Waals surface area contributed by atoms with Crippen LogP contribution in [0.25, 0.3) is 0 Å². The molecular formula is C67H114O6. The highest BCUT2D eigenvalue weighted by Gasteiger charge is 2.19. The lowest BCUT2D eigenvalue weighted by Gasteiger charge is -2.18. The Bertz CT molecular complexity index is 1440. The molecular weight excluding hydrogens is 901 g/mol. The molecule has 0 amide bonds. The molecule has 0 spiro atoms. The number of ether oxygens (including phenoxy) is 3. The summed E-state index contributed by atoms with van der Waals surface area (Å²) in [4.78, 5) is 38.2. The van der Waals surface area contributed by atoms with Crippen molar-refractivity contribution in [3.63, 3.8) is 0 Å². The molecule has 0 saturated heterocycles. The summed E-state index contributed by atoms with van der Waals surface area (Å²) >= 11 is 0. The lowest BCUT2D eigenvalue weighted by Crippen LogP contribution is -2.30. The van der Waals surface area contributed by atoms with Crippen LogP contribution in [0.4, 0.5) is 0 Å². The molecule has 0 unspecified atom stereocenters. The van der Waals surface area contributed by atoms with Crippen LogP contribution in [0.1, 0.15) is 290 Å². The molecule has 6 nitrogen and oxygen atoms in total. The molecule has 0 saturated carbocycles. The molecule has 0 aromatic carbocycles. The number of allylic oxidation sites excluding steroid dienone is 16. The number of hydrogen-bond donors (Lipinski definition) is 0. The quantitative estimate of drug-likeness (QED) is 0.0261. The summed E-state index contributed by atoms with van der Waals surface area (Å²) in [6.45, 7) is 6.47. The van der Waals surface area contributed by atoms with Crippen LogP contribution in [0.5, 0.6) is 0 Å². The van der Waals surface area contributed by atoms with E-state index in [-0.39, 0.29) is 37.5 Å². The van der Waals surface area contributed by atoms with E-state index < -0.39 is 6.10 Å². The number of rotatable bonds is 55. The molecule has 1 atom stereocenters. The topological polar surface area (TPSA) is 78.9 Å². The van der Waals surface area contributed by atoms with Gasteiger partial charge in [0.25, 0.3) is 0 Å². The minimum Gasteiger partial charge on any atom is -0.462 e. The summed E-state index contributed by atoms with van der Waals surface area (Å²) < 4.78 is 16.8. The average molecular weight is 1020 g/mol. The van der Waals surface area contributed by atoms with Crippen LogP contribution in [0, 0.1) is 0 Å². The zero-order valence-electron chi connectivity index (χ0n) is 47.9. The van der Waals surface area contributed by atoms with E-state index in [1.807, 2.05) is 0 Å². The minimum atomic E-state index is -0.810. The van der Waals surface area contributed by atoms with Crippen molar-refractivity contribution in [2.45, 2.75) is 297 Å². The van der Waals surface area contributed by atoms with Crippen LogP contribution in [0.15, 0.2) is 97.2 Å². The van der Waals surface area contributed by atoms with Gasteiger partial charge in [-0.2, -0.15) is 0 Å². The highest BCUT2D eigenvalue weighted by atomic mass is 16.6. The molecule has 0 fully saturated rings. The third-order valence-electron chi connectivity index (χ3n) is 13.0. The zero-order valence-corrected chi connectivity index (χ0v) is 47.9. The molecule has 73 heavy (non-hydrogen) atoms. The predicted molar refractivity (Wildman–Crippen MR) is 316 cm³/mol. The maximum Gasteiger partial charge on any atom is 0.306 e. The third-order valence-corrected chi connectivity index (χ3v) is 13.0. The van der Waals surface area contributed by atoms with Crippen molar-refractivity contribution in [2.75, 3.05) is 13.2 Å². The highest BCUT2D eigenvalue weighted by molar-refractivity contribution is 5.71. The molecule has 6 heteroatoms. The van der Waals surface area contributed by atoms with Crippen molar-refractivity contribution in [3.05, 3.63) is 97.2 Å². The molecule has 0 bridgehead atoms. The van der Waals surface area contributed by atoms with Crippen LogP contribution in [-0.2, 0) is 28.6 Å². The van der Waals surface area contributed by atoms with Gasteiger partial charge < -0.3 is 14.2 Å². The predicted octanol–water partition coefficient (Wildman–Crippen LogP) is 20.9. The Morgan fingerprint density at radius 2 is 0.548 bits per heavy atom. The Labute approximate surface area is 451 Å². The summed E-state index contributed by atoms with van der Waals surface area (Å²) in [6, 6.07) is 0. The molecule has 418 valence electrons. The van der Waals surface area contributed by atoms with E-state index in [1.54, 1.807) is 0 Å². The van der Waals surface area contributed by atoms with Gasteiger partial charge in [0.2, 0.25) is 0 Å². The van der Waals surface area contributed by atoms with Crippen molar-refractivity contribution in [1.82, 2.24) is 0 Å². The number of esters is 3. The van der Waals surface area contributed by atoms with Crippen molar-refractivity contribution in [3.8, 4) is 0 Å². The van der Waals surface area contributed by atoms with Gasteiger partial charge in [-0.3, -0.25) is 14.4 Å². The molecule has 0 aromatic rings. The Morgan fingerprint density at radius 3 is 0.904 bits per heavy atom. The van der Waals surface area contributed by atoms with Gasteiger partial charge in [0.05, 0.1) is 0 Å². The van der Waals surface area contributed by atoms with Gasteiger partial charge in [0.15, 0.2) is 6.10 Å². The van der Waals surface area contributed by atoms with E-state index in [0.717, 1.165) is 96.3 Å². The van der Waals surface area contributed by atoms with E-state index in [4.69, 9.17) is 14.2 Å². The number of carbonyl (C=O) groups excluding carboxylic acids is 3. The SMILES string of the molecule is CC/C=C\C/C=C\C/C=C\C/C=C\CCCCCCC(=O)OC[C@H](COC(=O)CCC/C=C\C/C=C\C/C=C\CCCCCCCC)OC(=O)CCCCCCCCCCCCC/C=C\CCCCCCCC. The Morgan fingerprint density at radius 1 is 0.288 bits per heavy atom. The first-order valence-corrected chi connectivity index (χ1v) is 30.7. The normalized spacial score (nSPS) is 12.8. The van der Waals surface area contributed by atoms with Crippen molar-refractivity contribution >= 4 is 17.9 Å². The Balaban J connectivity index is 4.47. The van der Waals surface area contributed by atoms with E-state index in [2.05, 4.69) is 118 Å². The maximum absolute atomic E-state index is 12.9. The average Bonchev–Trinajstić information content (AvgIpc) is 3.39. The summed E-state index contributed by atoms with van der Waals surface area (Å²) in [5.74, 6) is -0.975. The molecule has 0 aromatic heterocycles. The van der Waals surface area contributed by atoms with E-state index in [1.165, 1.54) is 148 Å². The molecule has 0 aliphatic rings. The fraction of sp³-hybridized carbons (Fsp3) is 0.716. The van der Waals surface area contributed by atoms with Crippen molar-refractivity contribution in [1.29, 1.82) is 0 Å². The van der Waals surface area contributed by atoms with E-state index in [0.29, 0.717) is 19.3 Å². The maximum atomic E-state index is 12.9. The highest BCUT2D eigenvalue weighted by Crippen LogP contribution is 2.15. The molecule has 0 N–H and O–H groups in total. The first-order chi connectivity index (χ1) is 36.0. The lowest BCUT2D eigenvalue weighted by atomic mass is 10.0. The fourth-order valence-electron chi connectivity index (χ4n) is 8.44. The lowest BCUT2D eigenvalue weighted by molar-refractivity contribution is -0.167. The first-order valence-electron chi connectivity index (χ1n) is 30.7. The fourth-order valence-corrected chi connectivity index (χ4v) is 8.44. The van der Waals surface area contributed by atoms with Crippen LogP contribution < -0.4 is 0 Å². The van der Waals surface area contributed by atoms with Crippen molar-refractivity contribution < 1.29 is 28.6 Å². The van der Waals surface area contributed by atoms with Crippen molar-refractivity contribution in [2.24, 2.45) is 0 Å². The van der Waals surface area contributed by atoms with Gasteiger partial charge in [-0.05, 0) is 116 Å².